The Morgan fingerprint density at radius 1 is 1.48 bits per heavy atom. The first-order chi connectivity index (χ1) is 9.81. The summed E-state index contributed by atoms with van der Waals surface area (Å²) in [5.74, 6) is -1.88. The maximum Gasteiger partial charge on any atom is 0.317 e. The van der Waals surface area contributed by atoms with Gasteiger partial charge in [0.05, 0.1) is 10.4 Å². The summed E-state index contributed by atoms with van der Waals surface area (Å²) in [6.07, 6.45) is 0.562. The van der Waals surface area contributed by atoms with Crippen LogP contribution in [0.3, 0.4) is 0 Å². The molecule has 0 radical (unpaired) electrons. The van der Waals surface area contributed by atoms with Gasteiger partial charge < -0.3 is 15.3 Å². The van der Waals surface area contributed by atoms with Gasteiger partial charge in [0, 0.05) is 20.1 Å². The number of amides is 2. The van der Waals surface area contributed by atoms with Gasteiger partial charge in [0.15, 0.2) is 0 Å². The molecule has 21 heavy (non-hydrogen) atoms. The molecule has 0 saturated carbocycles. The molecule has 0 bridgehead atoms. The van der Waals surface area contributed by atoms with Crippen LogP contribution in [0, 0.1) is 11.7 Å². The smallest absolute Gasteiger partial charge is 0.317 e. The van der Waals surface area contributed by atoms with Gasteiger partial charge in [0.1, 0.15) is 5.82 Å². The number of hydrogen-bond acceptors (Lipinski definition) is 2. The number of hydrogen-bond donors (Lipinski definition) is 2. The van der Waals surface area contributed by atoms with Crippen LogP contribution in [0.4, 0.5) is 9.18 Å². The second kappa shape index (κ2) is 7.97. The van der Waals surface area contributed by atoms with E-state index in [1.54, 1.807) is 26.1 Å². The van der Waals surface area contributed by atoms with Crippen LogP contribution in [0.15, 0.2) is 22.7 Å². The number of carboxylic acid groups (broad SMARTS) is 1. The first-order valence-electron chi connectivity index (χ1n) is 6.47. The third-order valence-corrected chi connectivity index (χ3v) is 3.60. The molecular formula is C14H18BrFN2O3. The normalized spacial score (nSPS) is 11.8. The summed E-state index contributed by atoms with van der Waals surface area (Å²) in [4.78, 5) is 23.8. The van der Waals surface area contributed by atoms with E-state index in [1.165, 1.54) is 11.0 Å². The van der Waals surface area contributed by atoms with E-state index in [9.17, 15) is 14.0 Å². The van der Waals surface area contributed by atoms with Crippen molar-refractivity contribution >= 4 is 27.9 Å². The highest BCUT2D eigenvalue weighted by Gasteiger charge is 2.16. The Morgan fingerprint density at radius 2 is 2.14 bits per heavy atom. The number of rotatable bonds is 6. The molecule has 7 heteroatoms. The van der Waals surface area contributed by atoms with Crippen LogP contribution in [-0.2, 0) is 11.2 Å². The summed E-state index contributed by atoms with van der Waals surface area (Å²) in [6.45, 7) is 2.08. The van der Waals surface area contributed by atoms with E-state index in [4.69, 9.17) is 5.11 Å². The van der Waals surface area contributed by atoms with Crippen LogP contribution in [0.5, 0.6) is 0 Å². The molecule has 0 fully saturated rings. The number of aliphatic carboxylic acids is 1. The minimum Gasteiger partial charge on any atom is -0.481 e. The lowest BCUT2D eigenvalue weighted by Gasteiger charge is -2.20. The molecule has 0 aromatic heterocycles. The number of nitrogens with zero attached hydrogens (tertiary/aromatic N) is 1. The van der Waals surface area contributed by atoms with Crippen molar-refractivity contribution in [3.63, 3.8) is 0 Å². The average molecular weight is 361 g/mol. The van der Waals surface area contributed by atoms with Gasteiger partial charge in [0.25, 0.3) is 0 Å². The lowest BCUT2D eigenvalue weighted by Crippen LogP contribution is -2.41. The summed E-state index contributed by atoms with van der Waals surface area (Å²) in [5, 5.41) is 11.5. The number of benzene rings is 1. The first-order valence-corrected chi connectivity index (χ1v) is 7.26. The molecule has 2 N–H and O–H groups in total. The topological polar surface area (TPSA) is 69.6 Å². The maximum absolute atomic E-state index is 13.1. The maximum atomic E-state index is 13.1. The number of carbonyl (C=O) groups is 2. The summed E-state index contributed by atoms with van der Waals surface area (Å²) in [7, 11) is 1.54. The predicted molar refractivity (Wildman–Crippen MR) is 80.6 cm³/mol. The molecular weight excluding hydrogens is 343 g/mol. The van der Waals surface area contributed by atoms with E-state index in [2.05, 4.69) is 21.2 Å². The number of urea groups is 1. The molecule has 1 aromatic carbocycles. The van der Waals surface area contributed by atoms with Crippen molar-refractivity contribution in [1.82, 2.24) is 10.2 Å². The van der Waals surface area contributed by atoms with Gasteiger partial charge in [-0.1, -0.05) is 13.0 Å². The van der Waals surface area contributed by atoms with Crippen molar-refractivity contribution in [3.8, 4) is 0 Å². The summed E-state index contributed by atoms with van der Waals surface area (Å²) in [6, 6.07) is 4.35. The molecule has 1 aromatic rings. The Balaban J connectivity index is 2.39. The number of carbonyl (C=O) groups excluding carboxylic acids is 1. The Labute approximate surface area is 131 Å². The van der Waals surface area contributed by atoms with E-state index >= 15 is 0 Å². The number of halogens is 2. The van der Waals surface area contributed by atoms with Crippen molar-refractivity contribution in [3.05, 3.63) is 34.1 Å². The van der Waals surface area contributed by atoms with E-state index in [0.717, 1.165) is 5.56 Å². The highest BCUT2D eigenvalue weighted by atomic mass is 79.9. The Kier molecular flexibility index (Phi) is 6.61. The molecule has 0 heterocycles. The van der Waals surface area contributed by atoms with E-state index in [0.29, 0.717) is 17.4 Å². The highest BCUT2D eigenvalue weighted by molar-refractivity contribution is 9.10. The Bertz CT molecular complexity index is 525. The third kappa shape index (κ3) is 5.71. The molecule has 116 valence electrons. The lowest BCUT2D eigenvalue weighted by molar-refractivity contribution is -0.141. The van der Waals surface area contributed by atoms with Crippen molar-refractivity contribution in [2.45, 2.75) is 13.3 Å². The molecule has 0 aliphatic heterocycles. The minimum atomic E-state index is -0.939. The minimum absolute atomic E-state index is 0.142. The third-order valence-electron chi connectivity index (χ3n) is 2.99. The van der Waals surface area contributed by atoms with Crippen LogP contribution in [0.25, 0.3) is 0 Å². The second-order valence-corrected chi connectivity index (χ2v) is 5.70. The monoisotopic (exact) mass is 360 g/mol. The van der Waals surface area contributed by atoms with Crippen molar-refractivity contribution in [2.75, 3.05) is 20.1 Å². The number of nitrogens with one attached hydrogen (secondary N) is 1. The Morgan fingerprint density at radius 3 is 2.71 bits per heavy atom. The summed E-state index contributed by atoms with van der Waals surface area (Å²) in [5.41, 5.74) is 0.894. The Hall–Kier alpha value is -1.63. The first kappa shape index (κ1) is 17.4. The van der Waals surface area contributed by atoms with Gasteiger partial charge in [-0.2, -0.15) is 0 Å². The van der Waals surface area contributed by atoms with Gasteiger partial charge in [-0.05, 0) is 40.0 Å². The van der Waals surface area contributed by atoms with Crippen LogP contribution in [0.2, 0.25) is 0 Å². The number of carboxylic acids is 1. The fourth-order valence-electron chi connectivity index (χ4n) is 1.72. The zero-order chi connectivity index (χ0) is 16.0. The van der Waals surface area contributed by atoms with Crippen LogP contribution >= 0.6 is 15.9 Å². The van der Waals surface area contributed by atoms with Crippen molar-refractivity contribution in [1.29, 1.82) is 0 Å². The summed E-state index contributed by atoms with van der Waals surface area (Å²) >= 11 is 3.10. The predicted octanol–water partition coefficient (Wildman–Crippen LogP) is 2.49. The molecule has 1 rings (SSSR count). The van der Waals surface area contributed by atoms with Gasteiger partial charge in [-0.25, -0.2) is 9.18 Å². The van der Waals surface area contributed by atoms with Crippen molar-refractivity contribution < 1.29 is 19.1 Å². The van der Waals surface area contributed by atoms with Gasteiger partial charge in [-0.3, -0.25) is 4.79 Å². The molecule has 1 unspecified atom stereocenters. The van der Waals surface area contributed by atoms with Crippen molar-refractivity contribution in [2.24, 2.45) is 5.92 Å². The molecule has 0 saturated heterocycles. The average Bonchev–Trinajstić information content (AvgIpc) is 2.42. The zero-order valence-electron chi connectivity index (χ0n) is 11.9. The zero-order valence-corrected chi connectivity index (χ0v) is 13.5. The van der Waals surface area contributed by atoms with Gasteiger partial charge in [-0.15, -0.1) is 0 Å². The fourth-order valence-corrected chi connectivity index (χ4v) is 2.14. The lowest BCUT2D eigenvalue weighted by atomic mass is 10.1. The SMILES string of the molecule is CC(CN(C)C(=O)NCCc1ccc(F)c(Br)c1)C(=O)O. The van der Waals surface area contributed by atoms with E-state index in [1.807, 2.05) is 0 Å². The quantitative estimate of drug-likeness (QED) is 0.818. The van der Waals surface area contributed by atoms with Crippen LogP contribution in [-0.4, -0.2) is 42.1 Å². The molecule has 1 atom stereocenters. The standard InChI is InChI=1S/C14H18BrFN2O3/c1-9(13(19)20)8-18(2)14(21)17-6-5-10-3-4-12(16)11(15)7-10/h3-4,7,9H,5-6,8H2,1-2H3,(H,17,21)(H,19,20). The van der Waals surface area contributed by atoms with E-state index < -0.39 is 11.9 Å². The molecule has 2 amide bonds. The van der Waals surface area contributed by atoms with Gasteiger partial charge >= 0.3 is 12.0 Å². The highest BCUT2D eigenvalue weighted by Crippen LogP contribution is 2.16. The largest absolute Gasteiger partial charge is 0.481 e. The summed E-state index contributed by atoms with van der Waals surface area (Å²) < 4.78 is 13.5. The van der Waals surface area contributed by atoms with Crippen LogP contribution in [0.1, 0.15) is 12.5 Å². The van der Waals surface area contributed by atoms with Gasteiger partial charge in [0.2, 0.25) is 0 Å². The van der Waals surface area contributed by atoms with Crippen LogP contribution < -0.4 is 5.32 Å². The van der Waals surface area contributed by atoms with E-state index in [-0.39, 0.29) is 18.4 Å². The fraction of sp³-hybridized carbons (Fsp3) is 0.429. The molecule has 0 aliphatic rings. The molecule has 0 spiro atoms. The molecule has 5 nitrogen and oxygen atoms in total. The molecule has 0 aliphatic carbocycles. The second-order valence-electron chi connectivity index (χ2n) is 4.85.